The lowest BCUT2D eigenvalue weighted by Crippen LogP contribution is -2.02. The third-order valence-corrected chi connectivity index (χ3v) is 3.89. The summed E-state index contributed by atoms with van der Waals surface area (Å²) in [6.07, 6.45) is 6.53. The number of allylic oxidation sites excluding steroid dienone is 1. The lowest BCUT2D eigenvalue weighted by atomic mass is 10.0. The number of carbonyl (C=O) groups is 2. The van der Waals surface area contributed by atoms with Gasteiger partial charge in [0, 0.05) is 5.56 Å². The molecule has 4 heteroatoms. The molecule has 0 heterocycles. The highest BCUT2D eigenvalue weighted by molar-refractivity contribution is 6.07. The summed E-state index contributed by atoms with van der Waals surface area (Å²) in [5.74, 6) is -0.245. The second-order valence-electron chi connectivity index (χ2n) is 6.09. The van der Waals surface area contributed by atoms with Gasteiger partial charge in [0.2, 0.25) is 0 Å². The molecule has 0 amide bonds. The first-order valence-electron chi connectivity index (χ1n) is 8.84. The minimum Gasteiger partial charge on any atom is -0.494 e. The van der Waals surface area contributed by atoms with Gasteiger partial charge in [-0.15, -0.1) is 0 Å². The fourth-order valence-electron chi connectivity index (χ4n) is 2.49. The quantitative estimate of drug-likeness (QED) is 0.380. The van der Waals surface area contributed by atoms with Crippen molar-refractivity contribution in [3.8, 4) is 5.75 Å². The van der Waals surface area contributed by atoms with Crippen LogP contribution < -0.4 is 4.74 Å². The van der Waals surface area contributed by atoms with E-state index >= 15 is 0 Å². The molecule has 2 rings (SSSR count). The highest BCUT2D eigenvalue weighted by Gasteiger charge is 2.05. The number of unbranched alkanes of at least 4 members (excludes halogenated alkanes) is 2. The first-order chi connectivity index (χ1) is 12.6. The molecule has 0 atom stereocenters. The molecule has 0 radical (unpaired) electrons. The molecule has 26 heavy (non-hydrogen) atoms. The summed E-state index contributed by atoms with van der Waals surface area (Å²) in [6.45, 7) is 2.87. The van der Waals surface area contributed by atoms with Gasteiger partial charge in [0.1, 0.15) is 5.75 Å². The average molecular weight is 352 g/mol. The number of hydrogen-bond acceptors (Lipinski definition) is 3. The van der Waals surface area contributed by atoms with Crippen LogP contribution >= 0.6 is 0 Å². The van der Waals surface area contributed by atoms with Crippen LogP contribution in [0.2, 0.25) is 0 Å². The van der Waals surface area contributed by atoms with E-state index < -0.39 is 5.97 Å². The largest absolute Gasteiger partial charge is 0.494 e. The van der Waals surface area contributed by atoms with Crippen molar-refractivity contribution in [2.45, 2.75) is 32.6 Å². The minimum absolute atomic E-state index is 0.0927. The molecule has 2 aromatic carbocycles. The number of ether oxygens (including phenoxy) is 1. The number of carboxylic acids is 1. The lowest BCUT2D eigenvalue weighted by molar-refractivity contribution is -0.136. The Labute approximate surface area is 154 Å². The van der Waals surface area contributed by atoms with Crippen molar-refractivity contribution in [3.63, 3.8) is 0 Å². The number of rotatable bonds is 10. The molecule has 1 N–H and O–H groups in total. The predicted octanol–water partition coefficient (Wildman–Crippen LogP) is 4.78. The van der Waals surface area contributed by atoms with Crippen molar-refractivity contribution >= 4 is 17.8 Å². The second-order valence-corrected chi connectivity index (χ2v) is 6.09. The van der Waals surface area contributed by atoms with E-state index in [0.717, 1.165) is 24.2 Å². The van der Waals surface area contributed by atoms with Crippen LogP contribution in [0.4, 0.5) is 0 Å². The molecule has 0 unspecified atom stereocenters. The Balaban J connectivity index is 1.94. The average Bonchev–Trinajstić information content (AvgIpc) is 2.64. The van der Waals surface area contributed by atoms with Gasteiger partial charge in [-0.3, -0.25) is 9.59 Å². The minimum atomic E-state index is -0.915. The van der Waals surface area contributed by atoms with Gasteiger partial charge in [0.25, 0.3) is 0 Å². The van der Waals surface area contributed by atoms with Gasteiger partial charge in [-0.2, -0.15) is 0 Å². The Kier molecular flexibility index (Phi) is 7.62. The molecule has 0 aliphatic rings. The molecule has 0 saturated heterocycles. The summed E-state index contributed by atoms with van der Waals surface area (Å²) in [6, 6.07) is 14.3. The van der Waals surface area contributed by atoms with E-state index in [2.05, 4.69) is 6.92 Å². The zero-order valence-corrected chi connectivity index (χ0v) is 15.0. The maximum absolute atomic E-state index is 12.3. The number of hydrogen-bond donors (Lipinski definition) is 1. The summed E-state index contributed by atoms with van der Waals surface area (Å²) >= 11 is 0. The van der Waals surface area contributed by atoms with E-state index in [1.165, 1.54) is 12.5 Å². The molecular weight excluding hydrogens is 328 g/mol. The Morgan fingerprint density at radius 2 is 1.85 bits per heavy atom. The summed E-state index contributed by atoms with van der Waals surface area (Å²) in [5, 5.41) is 8.84. The van der Waals surface area contributed by atoms with Gasteiger partial charge in [0.15, 0.2) is 5.78 Å². The SMILES string of the molecule is CCCCCOc1ccc(C=CC(=O)c2cccc(CC(=O)O)c2)cc1. The van der Waals surface area contributed by atoms with Gasteiger partial charge < -0.3 is 9.84 Å². The van der Waals surface area contributed by atoms with Crippen LogP contribution in [0.5, 0.6) is 5.75 Å². The van der Waals surface area contributed by atoms with Gasteiger partial charge in [0.05, 0.1) is 13.0 Å². The van der Waals surface area contributed by atoms with Crippen LogP contribution in [0.1, 0.15) is 47.7 Å². The van der Waals surface area contributed by atoms with E-state index in [-0.39, 0.29) is 12.2 Å². The Bertz CT molecular complexity index is 760. The molecule has 0 saturated carbocycles. The summed E-state index contributed by atoms with van der Waals surface area (Å²) < 4.78 is 5.66. The molecule has 4 nitrogen and oxygen atoms in total. The van der Waals surface area contributed by atoms with Gasteiger partial charge >= 0.3 is 5.97 Å². The summed E-state index contributed by atoms with van der Waals surface area (Å²) in [5.41, 5.74) is 2.00. The highest BCUT2D eigenvalue weighted by Crippen LogP contribution is 2.15. The van der Waals surface area contributed by atoms with Crippen molar-refractivity contribution in [2.75, 3.05) is 6.61 Å². The van der Waals surface area contributed by atoms with Crippen LogP contribution in [0.15, 0.2) is 54.6 Å². The zero-order chi connectivity index (χ0) is 18.8. The molecule has 2 aromatic rings. The van der Waals surface area contributed by atoms with Gasteiger partial charge in [-0.05, 0) is 41.8 Å². The second kappa shape index (κ2) is 10.2. The van der Waals surface area contributed by atoms with E-state index in [1.54, 1.807) is 30.3 Å². The Morgan fingerprint density at radius 1 is 1.08 bits per heavy atom. The molecule has 136 valence electrons. The molecule has 0 fully saturated rings. The van der Waals surface area contributed by atoms with Crippen molar-refractivity contribution in [1.29, 1.82) is 0 Å². The van der Waals surface area contributed by atoms with Crippen LogP contribution in [-0.4, -0.2) is 23.5 Å². The standard InChI is InChI=1S/C22H24O4/c1-2-3-4-14-26-20-11-8-17(9-12-20)10-13-21(23)19-7-5-6-18(15-19)16-22(24)25/h5-13,15H,2-4,14,16H2,1H3,(H,24,25). The third kappa shape index (κ3) is 6.55. The monoisotopic (exact) mass is 352 g/mol. The molecule has 0 spiro atoms. The summed E-state index contributed by atoms with van der Waals surface area (Å²) in [7, 11) is 0. The molecule has 0 aliphatic heterocycles. The van der Waals surface area contributed by atoms with Gasteiger partial charge in [-0.1, -0.05) is 56.2 Å². The number of carboxylic acid groups (broad SMARTS) is 1. The number of ketones is 1. The Morgan fingerprint density at radius 3 is 2.54 bits per heavy atom. The first kappa shape index (κ1) is 19.4. The number of benzene rings is 2. The van der Waals surface area contributed by atoms with E-state index in [9.17, 15) is 9.59 Å². The Hall–Kier alpha value is -2.88. The number of carbonyl (C=O) groups excluding carboxylic acids is 1. The molecule has 0 bridgehead atoms. The maximum Gasteiger partial charge on any atom is 0.307 e. The summed E-state index contributed by atoms with van der Waals surface area (Å²) in [4.78, 5) is 23.0. The van der Waals surface area contributed by atoms with Crippen molar-refractivity contribution < 1.29 is 19.4 Å². The van der Waals surface area contributed by atoms with Crippen LogP contribution in [0, 0.1) is 0 Å². The van der Waals surface area contributed by atoms with Gasteiger partial charge in [-0.25, -0.2) is 0 Å². The molecule has 0 aliphatic carbocycles. The fourth-order valence-corrected chi connectivity index (χ4v) is 2.49. The smallest absolute Gasteiger partial charge is 0.307 e. The number of aliphatic carboxylic acids is 1. The van der Waals surface area contributed by atoms with E-state index in [4.69, 9.17) is 9.84 Å². The topological polar surface area (TPSA) is 63.6 Å². The van der Waals surface area contributed by atoms with Crippen LogP contribution in [-0.2, 0) is 11.2 Å². The van der Waals surface area contributed by atoms with E-state index in [0.29, 0.717) is 17.7 Å². The highest BCUT2D eigenvalue weighted by atomic mass is 16.5. The fraction of sp³-hybridized carbons (Fsp3) is 0.273. The van der Waals surface area contributed by atoms with E-state index in [1.807, 2.05) is 24.3 Å². The van der Waals surface area contributed by atoms with Crippen LogP contribution in [0.25, 0.3) is 6.08 Å². The van der Waals surface area contributed by atoms with Crippen molar-refractivity contribution in [2.24, 2.45) is 0 Å². The van der Waals surface area contributed by atoms with Crippen molar-refractivity contribution in [1.82, 2.24) is 0 Å². The third-order valence-electron chi connectivity index (χ3n) is 3.89. The lowest BCUT2D eigenvalue weighted by Gasteiger charge is -2.05. The van der Waals surface area contributed by atoms with Crippen molar-refractivity contribution in [3.05, 3.63) is 71.3 Å². The van der Waals surface area contributed by atoms with Crippen LogP contribution in [0.3, 0.4) is 0 Å². The zero-order valence-electron chi connectivity index (χ0n) is 15.0. The first-order valence-corrected chi connectivity index (χ1v) is 8.84. The molecular formula is C22H24O4. The predicted molar refractivity (Wildman–Crippen MR) is 103 cm³/mol. The molecule has 0 aromatic heterocycles. The maximum atomic E-state index is 12.3. The normalized spacial score (nSPS) is 10.8.